The number of aromatic amines is 1. The van der Waals surface area contributed by atoms with Crippen molar-refractivity contribution < 1.29 is 0 Å². The van der Waals surface area contributed by atoms with Crippen LogP contribution in [0.2, 0.25) is 5.02 Å². The Kier molecular flexibility index (Phi) is 3.32. The van der Waals surface area contributed by atoms with Crippen LogP contribution in [0, 0.1) is 4.91 Å². The van der Waals surface area contributed by atoms with Crippen molar-refractivity contribution in [2.45, 2.75) is 32.9 Å². The van der Waals surface area contributed by atoms with Crippen molar-refractivity contribution >= 4 is 11.6 Å². The minimum atomic E-state index is -0.679. The molecule has 0 aromatic carbocycles. The molecule has 1 rings (SSSR count). The lowest BCUT2D eigenvalue weighted by molar-refractivity contribution is 0.365. The topological polar surface area (TPSA) is 84.3 Å². The average Bonchev–Trinajstić information content (AvgIpc) is 2.12. The van der Waals surface area contributed by atoms with Crippen molar-refractivity contribution in [1.82, 2.24) is 9.55 Å². The molecule has 1 N–H and O–H groups in total. The molecular formula is C9H12ClN3O3. The highest BCUT2D eigenvalue weighted by atomic mass is 35.5. The highest BCUT2D eigenvalue weighted by molar-refractivity contribution is 6.31. The normalized spacial score (nSPS) is 11.5. The lowest BCUT2D eigenvalue weighted by Gasteiger charge is -2.21. The minimum absolute atomic E-state index is 0.0483. The first-order chi connectivity index (χ1) is 7.29. The molecule has 0 fully saturated rings. The summed E-state index contributed by atoms with van der Waals surface area (Å²) in [6.07, 6.45) is 0. The van der Waals surface area contributed by atoms with E-state index in [-0.39, 0.29) is 17.3 Å². The second kappa shape index (κ2) is 4.21. The Balaban J connectivity index is 3.60. The summed E-state index contributed by atoms with van der Waals surface area (Å²) in [7, 11) is 0. The Morgan fingerprint density at radius 2 is 1.94 bits per heavy atom. The van der Waals surface area contributed by atoms with Crippen LogP contribution in [0.4, 0.5) is 0 Å². The van der Waals surface area contributed by atoms with Gasteiger partial charge in [0.25, 0.3) is 5.56 Å². The molecule has 16 heavy (non-hydrogen) atoms. The summed E-state index contributed by atoms with van der Waals surface area (Å²) < 4.78 is 1.00. The SMILES string of the molecule is CC(C)(C)n1c(=O)[nH]c(CN=O)c(Cl)c1=O. The molecule has 0 spiro atoms. The number of hydrogen-bond acceptors (Lipinski definition) is 4. The summed E-state index contributed by atoms with van der Waals surface area (Å²) >= 11 is 5.75. The van der Waals surface area contributed by atoms with E-state index in [2.05, 4.69) is 10.2 Å². The first kappa shape index (κ1) is 12.6. The molecule has 6 nitrogen and oxygen atoms in total. The fourth-order valence-electron chi connectivity index (χ4n) is 1.34. The zero-order valence-corrected chi connectivity index (χ0v) is 9.96. The van der Waals surface area contributed by atoms with E-state index in [4.69, 9.17) is 11.6 Å². The first-order valence-electron chi connectivity index (χ1n) is 4.62. The summed E-state index contributed by atoms with van der Waals surface area (Å²) in [5.74, 6) is 0. The maximum absolute atomic E-state index is 11.8. The fourth-order valence-corrected chi connectivity index (χ4v) is 1.53. The molecule has 1 aromatic heterocycles. The van der Waals surface area contributed by atoms with Gasteiger partial charge < -0.3 is 4.98 Å². The zero-order valence-electron chi connectivity index (χ0n) is 9.20. The maximum Gasteiger partial charge on any atom is 0.329 e. The molecular weight excluding hydrogens is 234 g/mol. The third kappa shape index (κ3) is 2.21. The van der Waals surface area contributed by atoms with Crippen molar-refractivity contribution in [3.8, 4) is 0 Å². The average molecular weight is 246 g/mol. The van der Waals surface area contributed by atoms with Crippen LogP contribution < -0.4 is 11.2 Å². The maximum atomic E-state index is 11.8. The standard InChI is InChI=1S/C9H12ClN3O3/c1-9(2,3)13-7(14)6(10)5(4-11-16)12-8(13)15/h4H2,1-3H3,(H,12,15). The van der Waals surface area contributed by atoms with Gasteiger partial charge in [-0.3, -0.25) is 9.36 Å². The number of halogens is 1. The van der Waals surface area contributed by atoms with Gasteiger partial charge in [0.1, 0.15) is 11.6 Å². The van der Waals surface area contributed by atoms with Gasteiger partial charge in [-0.05, 0) is 20.8 Å². The van der Waals surface area contributed by atoms with Crippen molar-refractivity contribution in [2.75, 3.05) is 0 Å². The second-order valence-electron chi connectivity index (χ2n) is 4.32. The summed E-state index contributed by atoms with van der Waals surface area (Å²) in [4.78, 5) is 35.9. The van der Waals surface area contributed by atoms with Crippen LogP contribution >= 0.6 is 11.6 Å². The van der Waals surface area contributed by atoms with E-state index in [9.17, 15) is 14.5 Å². The number of hydrogen-bond donors (Lipinski definition) is 1. The largest absolute Gasteiger partial charge is 0.329 e. The van der Waals surface area contributed by atoms with E-state index in [0.717, 1.165) is 4.57 Å². The number of nitrogens with one attached hydrogen (secondary N) is 1. The molecule has 0 radical (unpaired) electrons. The van der Waals surface area contributed by atoms with Gasteiger partial charge in [0.15, 0.2) is 0 Å². The van der Waals surface area contributed by atoms with Crippen molar-refractivity contribution in [3.05, 3.63) is 36.5 Å². The zero-order chi connectivity index (χ0) is 12.5. The van der Waals surface area contributed by atoms with E-state index in [1.165, 1.54) is 0 Å². The molecule has 0 aliphatic carbocycles. The highest BCUT2D eigenvalue weighted by Gasteiger charge is 2.21. The molecule has 7 heteroatoms. The van der Waals surface area contributed by atoms with Crippen LogP contribution in [-0.4, -0.2) is 9.55 Å². The number of nitroso groups, excluding NO2 is 1. The van der Waals surface area contributed by atoms with E-state index < -0.39 is 16.8 Å². The summed E-state index contributed by atoms with van der Waals surface area (Å²) in [5, 5.41) is 2.42. The highest BCUT2D eigenvalue weighted by Crippen LogP contribution is 2.12. The van der Waals surface area contributed by atoms with Gasteiger partial charge in [0.05, 0.1) is 5.69 Å². The number of aromatic nitrogens is 2. The van der Waals surface area contributed by atoms with E-state index in [1.54, 1.807) is 20.8 Å². The molecule has 0 atom stereocenters. The van der Waals surface area contributed by atoms with E-state index in [1.807, 2.05) is 0 Å². The number of H-pyrrole nitrogens is 1. The fraction of sp³-hybridized carbons (Fsp3) is 0.556. The Hall–Kier alpha value is -1.43. The Morgan fingerprint density at radius 1 is 1.38 bits per heavy atom. The van der Waals surface area contributed by atoms with Crippen LogP contribution in [0.15, 0.2) is 14.8 Å². The van der Waals surface area contributed by atoms with E-state index >= 15 is 0 Å². The monoisotopic (exact) mass is 245 g/mol. The van der Waals surface area contributed by atoms with Crippen LogP contribution in [0.3, 0.4) is 0 Å². The minimum Gasteiger partial charge on any atom is -0.307 e. The Labute approximate surface area is 96.2 Å². The van der Waals surface area contributed by atoms with Gasteiger partial charge >= 0.3 is 5.69 Å². The third-order valence-corrected chi connectivity index (χ3v) is 2.40. The van der Waals surface area contributed by atoms with Crippen molar-refractivity contribution in [3.63, 3.8) is 0 Å². The molecule has 0 amide bonds. The Bertz CT molecular complexity index is 524. The van der Waals surface area contributed by atoms with Gasteiger partial charge in [0, 0.05) is 5.54 Å². The summed E-state index contributed by atoms with van der Waals surface area (Å²) in [6.45, 7) is 4.79. The van der Waals surface area contributed by atoms with Crippen LogP contribution in [-0.2, 0) is 12.1 Å². The molecule has 0 aliphatic rings. The quantitative estimate of drug-likeness (QED) is 0.795. The van der Waals surface area contributed by atoms with Gasteiger partial charge in [-0.25, -0.2) is 4.79 Å². The number of rotatable bonds is 2. The lowest BCUT2D eigenvalue weighted by Crippen LogP contribution is -2.45. The lowest BCUT2D eigenvalue weighted by atomic mass is 10.1. The predicted molar refractivity (Wildman–Crippen MR) is 60.8 cm³/mol. The number of nitrogens with zero attached hydrogens (tertiary/aromatic N) is 2. The van der Waals surface area contributed by atoms with Gasteiger partial charge in [0.2, 0.25) is 0 Å². The smallest absolute Gasteiger partial charge is 0.307 e. The first-order valence-corrected chi connectivity index (χ1v) is 5.00. The van der Waals surface area contributed by atoms with Crippen LogP contribution in [0.5, 0.6) is 0 Å². The second-order valence-corrected chi connectivity index (χ2v) is 4.70. The molecule has 0 saturated carbocycles. The van der Waals surface area contributed by atoms with Gasteiger partial charge in [-0.2, -0.15) is 4.91 Å². The molecule has 1 heterocycles. The van der Waals surface area contributed by atoms with E-state index in [0.29, 0.717) is 0 Å². The van der Waals surface area contributed by atoms with Crippen molar-refractivity contribution in [1.29, 1.82) is 0 Å². The van der Waals surface area contributed by atoms with Gasteiger partial charge in [-0.15, -0.1) is 0 Å². The van der Waals surface area contributed by atoms with Gasteiger partial charge in [-0.1, -0.05) is 16.8 Å². The van der Waals surface area contributed by atoms with Crippen LogP contribution in [0.25, 0.3) is 0 Å². The molecule has 88 valence electrons. The van der Waals surface area contributed by atoms with Crippen LogP contribution in [0.1, 0.15) is 26.5 Å². The summed E-state index contributed by atoms with van der Waals surface area (Å²) in [5.41, 5.74) is -1.84. The molecule has 0 unspecified atom stereocenters. The molecule has 0 aliphatic heterocycles. The third-order valence-electron chi connectivity index (χ3n) is 2.01. The Morgan fingerprint density at radius 3 is 2.38 bits per heavy atom. The molecule has 1 aromatic rings. The molecule has 0 saturated heterocycles. The molecule has 0 bridgehead atoms. The van der Waals surface area contributed by atoms with Crippen molar-refractivity contribution in [2.24, 2.45) is 5.18 Å². The summed E-state index contributed by atoms with van der Waals surface area (Å²) in [6, 6.07) is 0. The predicted octanol–water partition coefficient (Wildman–Crippen LogP) is 1.21.